The molecule has 2 aromatic rings. The molecule has 4 nitrogen and oxygen atoms in total. The molecule has 2 radical (unpaired) electrons. The van der Waals surface area contributed by atoms with Gasteiger partial charge in [0.2, 0.25) is 5.75 Å². The van der Waals surface area contributed by atoms with Gasteiger partial charge in [0.05, 0.1) is 5.56 Å². The first-order chi connectivity index (χ1) is 8.84. The quantitative estimate of drug-likeness (QED) is 0.365. The minimum absolute atomic E-state index is 0.123. The second kappa shape index (κ2) is 4.87. The lowest BCUT2D eigenvalue weighted by Crippen LogP contribution is -2.05. The maximum atomic E-state index is 9.93. The van der Waals surface area contributed by atoms with E-state index in [0.29, 0.717) is 15.1 Å². The van der Waals surface area contributed by atoms with Crippen molar-refractivity contribution in [2.75, 3.05) is 0 Å². The molecule has 19 heavy (non-hydrogen) atoms. The van der Waals surface area contributed by atoms with E-state index >= 15 is 0 Å². The number of aromatic hydroxyl groups is 4. The maximum Gasteiger partial charge on any atom is 0.200 e. The van der Waals surface area contributed by atoms with Crippen molar-refractivity contribution in [2.45, 2.75) is 0 Å². The molecule has 0 fully saturated rings. The summed E-state index contributed by atoms with van der Waals surface area (Å²) in [5.41, 5.74) is -0.233. The van der Waals surface area contributed by atoms with Crippen LogP contribution in [0.4, 0.5) is 0 Å². The summed E-state index contributed by atoms with van der Waals surface area (Å²) in [5.74, 6) is -2.82. The van der Waals surface area contributed by atoms with E-state index in [4.69, 9.17) is 19.4 Å². The Kier molecular flexibility index (Phi) is 3.56. The summed E-state index contributed by atoms with van der Waals surface area (Å²) in [5, 5.41) is 39.2. The molecule has 0 aliphatic rings. The van der Waals surface area contributed by atoms with Gasteiger partial charge in [0.1, 0.15) is 13.6 Å². The van der Waals surface area contributed by atoms with Gasteiger partial charge in [-0.1, -0.05) is 27.5 Å². The maximum absolute atomic E-state index is 9.93. The van der Waals surface area contributed by atoms with Gasteiger partial charge < -0.3 is 20.4 Å². The standard InChI is InChI=1S/C12H7BBrClO4/c13-8-9(16)7(10(17)12(19)11(8)18)5-3-4(15)1-2-6(5)14/h1-3,16-19H. The molecular formula is C12H7BBrClO4. The molecule has 96 valence electrons. The number of phenolic OH excluding ortho intramolecular Hbond substituents is 4. The molecule has 2 aromatic carbocycles. The lowest BCUT2D eigenvalue weighted by molar-refractivity contribution is 0.365. The fourth-order valence-electron chi connectivity index (χ4n) is 1.66. The molecule has 2 rings (SSSR count). The molecule has 0 heterocycles. The van der Waals surface area contributed by atoms with Crippen LogP contribution in [-0.2, 0) is 0 Å². The molecule has 0 amide bonds. The van der Waals surface area contributed by atoms with Crippen LogP contribution in [-0.4, -0.2) is 28.3 Å². The molecule has 4 N–H and O–H groups in total. The van der Waals surface area contributed by atoms with E-state index in [1.54, 1.807) is 12.1 Å². The Morgan fingerprint density at radius 3 is 2.21 bits per heavy atom. The van der Waals surface area contributed by atoms with Gasteiger partial charge in [-0.25, -0.2) is 0 Å². The Labute approximate surface area is 123 Å². The zero-order chi connectivity index (χ0) is 14.3. The third-order valence-electron chi connectivity index (χ3n) is 2.63. The van der Waals surface area contributed by atoms with E-state index < -0.39 is 28.5 Å². The van der Waals surface area contributed by atoms with Gasteiger partial charge in [-0.15, -0.1) is 0 Å². The molecule has 0 aliphatic carbocycles. The van der Waals surface area contributed by atoms with Crippen LogP contribution >= 0.6 is 27.5 Å². The Morgan fingerprint density at radius 2 is 1.58 bits per heavy atom. The minimum atomic E-state index is -0.808. The number of rotatable bonds is 1. The fraction of sp³-hybridized carbons (Fsp3) is 0. The summed E-state index contributed by atoms with van der Waals surface area (Å²) in [6, 6.07) is 4.68. The summed E-state index contributed by atoms with van der Waals surface area (Å²) >= 11 is 9.09. The van der Waals surface area contributed by atoms with Crippen LogP contribution < -0.4 is 5.46 Å². The lowest BCUT2D eigenvalue weighted by Gasteiger charge is -2.15. The van der Waals surface area contributed by atoms with Crippen LogP contribution in [0.2, 0.25) is 5.02 Å². The van der Waals surface area contributed by atoms with E-state index in [9.17, 15) is 20.4 Å². The minimum Gasteiger partial charge on any atom is -0.508 e. The number of benzene rings is 2. The predicted molar refractivity (Wildman–Crippen MR) is 76.6 cm³/mol. The van der Waals surface area contributed by atoms with Gasteiger partial charge in [0.25, 0.3) is 0 Å². The van der Waals surface area contributed by atoms with Crippen molar-refractivity contribution in [3.8, 4) is 34.1 Å². The zero-order valence-electron chi connectivity index (χ0n) is 9.35. The van der Waals surface area contributed by atoms with Crippen LogP contribution in [0.3, 0.4) is 0 Å². The lowest BCUT2D eigenvalue weighted by atomic mass is 9.88. The predicted octanol–water partition coefficient (Wildman–Crippen LogP) is 2.39. The Morgan fingerprint density at radius 1 is 0.947 bits per heavy atom. The number of hydrogen-bond donors (Lipinski definition) is 4. The van der Waals surface area contributed by atoms with E-state index in [1.165, 1.54) is 6.07 Å². The summed E-state index contributed by atoms with van der Waals surface area (Å²) < 4.78 is 0.520. The largest absolute Gasteiger partial charge is 0.508 e. The third-order valence-corrected chi connectivity index (χ3v) is 3.56. The van der Waals surface area contributed by atoms with Crippen molar-refractivity contribution in [1.82, 2.24) is 0 Å². The number of halogens is 2. The van der Waals surface area contributed by atoms with Gasteiger partial charge in [-0.2, -0.15) is 0 Å². The van der Waals surface area contributed by atoms with Crippen molar-refractivity contribution in [2.24, 2.45) is 0 Å². The summed E-state index contributed by atoms with van der Waals surface area (Å²) in [7, 11) is 5.46. The third kappa shape index (κ3) is 2.22. The molecule has 0 saturated heterocycles. The smallest absolute Gasteiger partial charge is 0.200 e. The molecular weight excluding hydrogens is 334 g/mol. The second-order valence-corrected chi connectivity index (χ2v) is 5.10. The monoisotopic (exact) mass is 340 g/mol. The van der Waals surface area contributed by atoms with Crippen LogP contribution in [0, 0.1) is 0 Å². The van der Waals surface area contributed by atoms with E-state index in [2.05, 4.69) is 15.9 Å². The highest BCUT2D eigenvalue weighted by molar-refractivity contribution is 9.10. The SMILES string of the molecule is [B]c1c(O)c(O)c(O)c(-c2cc(Cl)ccc2Br)c1O. The number of phenols is 4. The Hall–Kier alpha value is -1.53. The highest BCUT2D eigenvalue weighted by Crippen LogP contribution is 2.48. The highest BCUT2D eigenvalue weighted by atomic mass is 79.9. The Balaban J connectivity index is 2.87. The first-order valence-corrected chi connectivity index (χ1v) is 6.22. The first kappa shape index (κ1) is 13.9. The topological polar surface area (TPSA) is 80.9 Å². The van der Waals surface area contributed by atoms with Crippen molar-refractivity contribution < 1.29 is 20.4 Å². The molecule has 0 aliphatic heterocycles. The zero-order valence-corrected chi connectivity index (χ0v) is 11.7. The van der Waals surface area contributed by atoms with Crippen LogP contribution in [0.5, 0.6) is 23.0 Å². The van der Waals surface area contributed by atoms with Crippen molar-refractivity contribution >= 4 is 40.8 Å². The van der Waals surface area contributed by atoms with Crippen molar-refractivity contribution in [1.29, 1.82) is 0 Å². The van der Waals surface area contributed by atoms with Gasteiger partial charge >= 0.3 is 0 Å². The van der Waals surface area contributed by atoms with Gasteiger partial charge in [-0.3, -0.25) is 0 Å². The van der Waals surface area contributed by atoms with E-state index in [-0.39, 0.29) is 5.56 Å². The molecule has 0 spiro atoms. The van der Waals surface area contributed by atoms with Crippen LogP contribution in [0.25, 0.3) is 11.1 Å². The molecule has 0 aromatic heterocycles. The van der Waals surface area contributed by atoms with E-state index in [1.807, 2.05) is 0 Å². The summed E-state index contributed by atoms with van der Waals surface area (Å²) in [6.45, 7) is 0. The van der Waals surface area contributed by atoms with Crippen molar-refractivity contribution in [3.63, 3.8) is 0 Å². The Bertz CT molecular complexity index is 646. The highest BCUT2D eigenvalue weighted by Gasteiger charge is 2.23. The molecule has 0 saturated carbocycles. The van der Waals surface area contributed by atoms with Gasteiger partial charge in [0.15, 0.2) is 11.5 Å². The summed E-state index contributed by atoms with van der Waals surface area (Å²) in [4.78, 5) is 0. The van der Waals surface area contributed by atoms with Crippen LogP contribution in [0.1, 0.15) is 0 Å². The molecule has 0 bridgehead atoms. The molecule has 0 unspecified atom stereocenters. The fourth-order valence-corrected chi connectivity index (χ4v) is 2.28. The van der Waals surface area contributed by atoms with Crippen LogP contribution in [0.15, 0.2) is 22.7 Å². The average Bonchev–Trinajstić information content (AvgIpc) is 2.38. The number of hydrogen-bond acceptors (Lipinski definition) is 4. The summed E-state index contributed by atoms with van der Waals surface area (Å²) in [6.07, 6.45) is 0. The van der Waals surface area contributed by atoms with E-state index in [0.717, 1.165) is 0 Å². The van der Waals surface area contributed by atoms with Gasteiger partial charge in [-0.05, 0) is 23.7 Å². The normalized spacial score (nSPS) is 10.6. The second-order valence-electron chi connectivity index (χ2n) is 3.81. The van der Waals surface area contributed by atoms with Crippen molar-refractivity contribution in [3.05, 3.63) is 27.7 Å². The molecule has 0 atom stereocenters. The first-order valence-electron chi connectivity index (χ1n) is 5.05. The molecule has 7 heteroatoms. The average molecular weight is 341 g/mol. The van der Waals surface area contributed by atoms with Gasteiger partial charge in [0, 0.05) is 15.1 Å².